The summed E-state index contributed by atoms with van der Waals surface area (Å²) in [6, 6.07) is 15.9. The lowest BCUT2D eigenvalue weighted by Crippen LogP contribution is -2.32. The van der Waals surface area contributed by atoms with E-state index in [1.54, 1.807) is 42.5 Å². The van der Waals surface area contributed by atoms with Crippen LogP contribution in [0.2, 0.25) is 5.02 Å². The van der Waals surface area contributed by atoms with Gasteiger partial charge in [-0.05, 0) is 54.1 Å². The Labute approximate surface area is 200 Å². The van der Waals surface area contributed by atoms with Crippen LogP contribution in [0, 0.1) is 5.82 Å². The number of hydrogen-bond donors (Lipinski definition) is 2. The van der Waals surface area contributed by atoms with Gasteiger partial charge in [0.1, 0.15) is 29.7 Å². The second-order valence-electron chi connectivity index (χ2n) is 6.78. The third-order valence-electron chi connectivity index (χ3n) is 4.57. The summed E-state index contributed by atoms with van der Waals surface area (Å²) in [6.07, 6.45) is 1.36. The van der Waals surface area contributed by atoms with Gasteiger partial charge >= 0.3 is 11.8 Å². The van der Waals surface area contributed by atoms with E-state index in [1.807, 2.05) is 0 Å². The van der Waals surface area contributed by atoms with Gasteiger partial charge in [0.25, 0.3) is 0 Å². The summed E-state index contributed by atoms with van der Waals surface area (Å²) in [4.78, 5) is 24.2. The molecule has 0 fully saturated rings. The van der Waals surface area contributed by atoms with Crippen LogP contribution in [0.5, 0.6) is 17.2 Å². The molecule has 0 radical (unpaired) electrons. The van der Waals surface area contributed by atoms with Gasteiger partial charge < -0.3 is 19.5 Å². The Hall–Kier alpha value is -4.11. The molecule has 0 saturated carbocycles. The minimum absolute atomic E-state index is 0.0256. The molecule has 0 heterocycles. The molecule has 3 aromatic carbocycles. The highest BCUT2D eigenvalue weighted by Gasteiger charge is 2.16. The third kappa shape index (κ3) is 6.46. The summed E-state index contributed by atoms with van der Waals surface area (Å²) >= 11 is 5.99. The molecule has 2 amide bonds. The number of benzene rings is 3. The number of amides is 2. The van der Waals surface area contributed by atoms with Crippen molar-refractivity contribution in [3.05, 3.63) is 82.6 Å². The van der Waals surface area contributed by atoms with Crippen LogP contribution in [-0.2, 0) is 16.2 Å². The highest BCUT2D eigenvalue weighted by Crippen LogP contribution is 2.28. The molecular weight excluding hydrogens is 465 g/mol. The van der Waals surface area contributed by atoms with Crippen molar-refractivity contribution >= 4 is 35.3 Å². The van der Waals surface area contributed by atoms with E-state index in [0.29, 0.717) is 22.8 Å². The number of carbonyl (C=O) groups excluding carboxylic acids is 2. The van der Waals surface area contributed by atoms with Crippen molar-refractivity contribution in [2.75, 3.05) is 19.5 Å². The maximum Gasteiger partial charge on any atom is 0.329 e. The molecule has 0 atom stereocenters. The molecule has 3 rings (SSSR count). The number of hydrazone groups is 1. The van der Waals surface area contributed by atoms with Crippen molar-refractivity contribution in [1.82, 2.24) is 5.43 Å². The summed E-state index contributed by atoms with van der Waals surface area (Å²) < 4.78 is 29.6. The summed E-state index contributed by atoms with van der Waals surface area (Å²) in [7, 11) is 2.92. The van der Waals surface area contributed by atoms with Crippen molar-refractivity contribution in [3.63, 3.8) is 0 Å². The summed E-state index contributed by atoms with van der Waals surface area (Å²) in [5, 5.41) is 6.51. The first-order valence-corrected chi connectivity index (χ1v) is 10.3. The zero-order valence-corrected chi connectivity index (χ0v) is 19.1. The van der Waals surface area contributed by atoms with E-state index in [-0.39, 0.29) is 22.9 Å². The van der Waals surface area contributed by atoms with Crippen LogP contribution in [-0.4, -0.2) is 32.2 Å². The quantitative estimate of drug-likeness (QED) is 0.283. The normalized spacial score (nSPS) is 10.6. The Balaban J connectivity index is 1.53. The molecule has 176 valence electrons. The average Bonchev–Trinajstić information content (AvgIpc) is 2.84. The first kappa shape index (κ1) is 24.5. The van der Waals surface area contributed by atoms with Crippen LogP contribution in [0.25, 0.3) is 0 Å². The fourth-order valence-corrected chi connectivity index (χ4v) is 3.00. The molecule has 0 spiro atoms. The van der Waals surface area contributed by atoms with Gasteiger partial charge in [0.15, 0.2) is 0 Å². The summed E-state index contributed by atoms with van der Waals surface area (Å²) in [5.74, 6) is -1.00. The van der Waals surface area contributed by atoms with Crippen LogP contribution >= 0.6 is 11.6 Å². The van der Waals surface area contributed by atoms with Crippen molar-refractivity contribution in [2.45, 2.75) is 6.61 Å². The average molecular weight is 486 g/mol. The van der Waals surface area contributed by atoms with Crippen molar-refractivity contribution < 1.29 is 28.2 Å². The van der Waals surface area contributed by atoms with Crippen molar-refractivity contribution in [2.24, 2.45) is 5.10 Å². The second kappa shape index (κ2) is 11.7. The Morgan fingerprint density at radius 2 is 1.74 bits per heavy atom. The number of nitrogens with one attached hydrogen (secondary N) is 2. The molecule has 0 aliphatic heterocycles. The first-order chi connectivity index (χ1) is 16.4. The number of anilines is 1. The van der Waals surface area contributed by atoms with Crippen LogP contribution < -0.4 is 25.0 Å². The van der Waals surface area contributed by atoms with Crippen LogP contribution in [0.4, 0.5) is 10.1 Å². The summed E-state index contributed by atoms with van der Waals surface area (Å²) in [6.45, 7) is -0.0256. The third-order valence-corrected chi connectivity index (χ3v) is 4.92. The number of nitrogens with zero attached hydrogens (tertiary/aromatic N) is 1. The van der Waals surface area contributed by atoms with Gasteiger partial charge in [-0.15, -0.1) is 0 Å². The molecule has 0 aliphatic rings. The molecule has 8 nitrogen and oxygen atoms in total. The zero-order chi connectivity index (χ0) is 24.5. The Kier molecular flexibility index (Phi) is 8.42. The largest absolute Gasteiger partial charge is 0.497 e. The Bertz CT molecular complexity index is 1180. The molecule has 0 bridgehead atoms. The molecule has 0 aromatic heterocycles. The van der Waals surface area contributed by atoms with E-state index < -0.39 is 17.6 Å². The highest BCUT2D eigenvalue weighted by molar-refractivity contribution is 6.39. The lowest BCUT2D eigenvalue weighted by molar-refractivity contribution is -0.136. The Morgan fingerprint density at radius 1 is 1.00 bits per heavy atom. The molecule has 10 heteroatoms. The van der Waals surface area contributed by atoms with Crippen LogP contribution in [0.3, 0.4) is 0 Å². The number of halogens is 2. The predicted octanol–water partition coefficient (Wildman–Crippen LogP) is 4.16. The highest BCUT2D eigenvalue weighted by atomic mass is 35.5. The maximum atomic E-state index is 13.8. The van der Waals surface area contributed by atoms with E-state index in [2.05, 4.69) is 15.8 Å². The molecule has 2 N–H and O–H groups in total. The van der Waals surface area contributed by atoms with Crippen molar-refractivity contribution in [1.29, 1.82) is 0 Å². The van der Waals surface area contributed by atoms with Crippen LogP contribution in [0.1, 0.15) is 11.1 Å². The monoisotopic (exact) mass is 485 g/mol. The van der Waals surface area contributed by atoms with E-state index in [9.17, 15) is 14.0 Å². The van der Waals surface area contributed by atoms with Gasteiger partial charge in [-0.3, -0.25) is 9.59 Å². The van der Waals surface area contributed by atoms with E-state index in [0.717, 1.165) is 0 Å². The smallest absolute Gasteiger partial charge is 0.329 e. The fourth-order valence-electron chi connectivity index (χ4n) is 2.78. The maximum absolute atomic E-state index is 13.8. The minimum Gasteiger partial charge on any atom is -0.497 e. The van der Waals surface area contributed by atoms with Gasteiger partial charge in [-0.1, -0.05) is 17.7 Å². The molecule has 34 heavy (non-hydrogen) atoms. The van der Waals surface area contributed by atoms with E-state index >= 15 is 0 Å². The lowest BCUT2D eigenvalue weighted by Gasteiger charge is -2.11. The van der Waals surface area contributed by atoms with E-state index in [4.69, 9.17) is 25.8 Å². The fraction of sp³-hybridized carbons (Fsp3) is 0.125. The molecular formula is C24H21ClFN3O5. The van der Waals surface area contributed by atoms with Gasteiger partial charge in [-0.25, -0.2) is 9.82 Å². The minimum atomic E-state index is -0.970. The Morgan fingerprint density at radius 3 is 2.41 bits per heavy atom. The van der Waals surface area contributed by atoms with Crippen LogP contribution in [0.15, 0.2) is 65.8 Å². The van der Waals surface area contributed by atoms with Crippen molar-refractivity contribution in [3.8, 4) is 17.2 Å². The number of rotatable bonds is 8. The number of methoxy groups -OCH3 is 2. The standard InChI is InChI=1S/C24H21ClFN3O5/c1-32-17-10-11-22(33-2)21(12-17)28-23(30)24(31)29-27-13-15-6-8-16(9-7-15)34-14-18-19(25)4-3-5-20(18)26/h3-13H,14H2,1-2H3,(H,28,30)(H,29,31)/b27-13+. The number of carbonyl (C=O) groups is 2. The van der Waals surface area contributed by atoms with Gasteiger partial charge in [0.2, 0.25) is 0 Å². The molecule has 0 unspecified atom stereocenters. The van der Waals surface area contributed by atoms with Gasteiger partial charge in [0.05, 0.1) is 31.1 Å². The topological polar surface area (TPSA) is 98.2 Å². The zero-order valence-electron chi connectivity index (χ0n) is 18.3. The van der Waals surface area contributed by atoms with Gasteiger partial charge in [0, 0.05) is 11.6 Å². The molecule has 0 saturated heterocycles. The number of ether oxygens (including phenoxy) is 3. The van der Waals surface area contributed by atoms with E-state index in [1.165, 1.54) is 38.6 Å². The predicted molar refractivity (Wildman–Crippen MR) is 126 cm³/mol. The SMILES string of the molecule is COc1ccc(OC)c(NC(=O)C(=O)N/N=C/c2ccc(OCc3c(F)cccc3Cl)cc2)c1. The lowest BCUT2D eigenvalue weighted by atomic mass is 10.2. The van der Waals surface area contributed by atoms with Gasteiger partial charge in [-0.2, -0.15) is 5.10 Å². The number of hydrogen-bond acceptors (Lipinski definition) is 6. The first-order valence-electron chi connectivity index (χ1n) is 9.93. The molecule has 0 aliphatic carbocycles. The summed E-state index contributed by atoms with van der Waals surface area (Å²) in [5.41, 5.74) is 3.32. The molecule has 3 aromatic rings. The second-order valence-corrected chi connectivity index (χ2v) is 7.18.